The smallest absolute Gasteiger partial charge is 0.149 e. The lowest BCUT2D eigenvalue weighted by Crippen LogP contribution is -2.08. The van der Waals surface area contributed by atoms with Crippen LogP contribution >= 0.6 is 0 Å². The minimum atomic E-state index is -0.407. The Bertz CT molecular complexity index is 814. The third kappa shape index (κ3) is 2.38. The zero-order valence-electron chi connectivity index (χ0n) is 11.8. The van der Waals surface area contributed by atoms with E-state index < -0.39 is 5.82 Å². The maximum absolute atomic E-state index is 13.9. The molecule has 2 N–H and O–H groups in total. The van der Waals surface area contributed by atoms with Crippen LogP contribution in [0.1, 0.15) is 0 Å². The van der Waals surface area contributed by atoms with Gasteiger partial charge in [0.1, 0.15) is 17.3 Å². The summed E-state index contributed by atoms with van der Waals surface area (Å²) in [5.74, 6) is -0.133. The first-order chi connectivity index (χ1) is 10.1. The van der Waals surface area contributed by atoms with Gasteiger partial charge in [-0.25, -0.2) is 9.37 Å². The normalized spacial score (nSPS) is 10.8. The van der Waals surface area contributed by atoms with Crippen molar-refractivity contribution in [1.29, 1.82) is 0 Å². The van der Waals surface area contributed by atoms with Crippen molar-refractivity contribution < 1.29 is 4.39 Å². The van der Waals surface area contributed by atoms with Gasteiger partial charge in [0.2, 0.25) is 0 Å². The maximum atomic E-state index is 13.9. The fourth-order valence-corrected chi connectivity index (χ4v) is 2.22. The van der Waals surface area contributed by atoms with Crippen molar-refractivity contribution in [3.63, 3.8) is 0 Å². The first-order valence-corrected chi connectivity index (χ1v) is 6.55. The fourth-order valence-electron chi connectivity index (χ4n) is 2.22. The van der Waals surface area contributed by atoms with Crippen LogP contribution in [0.3, 0.4) is 0 Å². The maximum Gasteiger partial charge on any atom is 0.149 e. The van der Waals surface area contributed by atoms with Gasteiger partial charge in [0.05, 0.1) is 5.52 Å². The summed E-state index contributed by atoms with van der Waals surface area (Å²) in [6.07, 6.45) is 1.54. The van der Waals surface area contributed by atoms with Gasteiger partial charge in [-0.3, -0.25) is 4.98 Å². The molecule has 0 amide bonds. The van der Waals surface area contributed by atoms with Gasteiger partial charge in [-0.15, -0.1) is 0 Å². The Kier molecular flexibility index (Phi) is 3.17. The Morgan fingerprint density at radius 2 is 1.95 bits per heavy atom. The first kappa shape index (κ1) is 13.3. The number of halogens is 1. The van der Waals surface area contributed by atoms with E-state index in [1.165, 1.54) is 12.3 Å². The molecule has 4 nitrogen and oxygen atoms in total. The number of nitrogens with two attached hydrogens (primary N) is 1. The molecule has 0 bridgehead atoms. The van der Waals surface area contributed by atoms with Crippen molar-refractivity contribution in [3.8, 4) is 11.3 Å². The highest BCUT2D eigenvalue weighted by Gasteiger charge is 2.12. The van der Waals surface area contributed by atoms with Gasteiger partial charge >= 0.3 is 0 Å². The summed E-state index contributed by atoms with van der Waals surface area (Å²) in [5, 5.41) is 0.898. The monoisotopic (exact) mass is 282 g/mol. The summed E-state index contributed by atoms with van der Waals surface area (Å²) in [4.78, 5) is 10.4. The summed E-state index contributed by atoms with van der Waals surface area (Å²) >= 11 is 0. The molecule has 106 valence electrons. The highest BCUT2D eigenvalue weighted by Crippen LogP contribution is 2.29. The van der Waals surface area contributed by atoms with Gasteiger partial charge in [-0.05, 0) is 30.3 Å². The molecule has 0 spiro atoms. The first-order valence-electron chi connectivity index (χ1n) is 6.55. The topological polar surface area (TPSA) is 55.0 Å². The van der Waals surface area contributed by atoms with Gasteiger partial charge in [0, 0.05) is 36.9 Å². The number of hydrogen-bond donors (Lipinski definition) is 1. The van der Waals surface area contributed by atoms with Gasteiger partial charge in [-0.2, -0.15) is 0 Å². The predicted octanol–water partition coefficient (Wildman–Crippen LogP) is 3.08. The second-order valence-electron chi connectivity index (χ2n) is 5.03. The van der Waals surface area contributed by atoms with Crippen LogP contribution in [-0.2, 0) is 0 Å². The summed E-state index contributed by atoms with van der Waals surface area (Å²) in [6, 6.07) is 10.6. The Morgan fingerprint density at radius 3 is 2.67 bits per heavy atom. The van der Waals surface area contributed by atoms with Gasteiger partial charge in [0.25, 0.3) is 0 Å². The van der Waals surface area contributed by atoms with E-state index >= 15 is 0 Å². The molecular formula is C16H15FN4. The Labute approximate surface area is 122 Å². The van der Waals surface area contributed by atoms with Crippen LogP contribution in [0.25, 0.3) is 22.2 Å². The highest BCUT2D eigenvalue weighted by atomic mass is 19.1. The second kappa shape index (κ2) is 5.01. The Balaban J connectivity index is 2.21. The van der Waals surface area contributed by atoms with Gasteiger partial charge < -0.3 is 10.6 Å². The van der Waals surface area contributed by atoms with E-state index in [1.54, 1.807) is 6.07 Å². The molecule has 3 rings (SSSR count). The Hall–Kier alpha value is -2.69. The van der Waals surface area contributed by atoms with Crippen molar-refractivity contribution in [2.75, 3.05) is 24.7 Å². The second-order valence-corrected chi connectivity index (χ2v) is 5.03. The number of nitrogen functional groups attached to an aromatic ring is 1. The van der Waals surface area contributed by atoms with E-state index in [9.17, 15) is 4.39 Å². The molecule has 0 fully saturated rings. The zero-order chi connectivity index (χ0) is 15.0. The van der Waals surface area contributed by atoms with E-state index in [0.717, 1.165) is 16.6 Å². The predicted molar refractivity (Wildman–Crippen MR) is 83.7 cm³/mol. The van der Waals surface area contributed by atoms with Gasteiger partial charge in [-0.1, -0.05) is 6.07 Å². The standard InChI is InChI=1S/C16H15FN4/c1-21(2)11-6-5-10-8-12(16(18)20-14(10)9-11)15-13(17)4-3-7-19-15/h3-9H,1-2H3,(H2,18,20). The molecule has 0 radical (unpaired) electrons. The van der Waals surface area contributed by atoms with Crippen LogP contribution in [0.5, 0.6) is 0 Å². The molecule has 0 unspecified atom stereocenters. The molecule has 2 heterocycles. The number of nitrogens with zero attached hydrogens (tertiary/aromatic N) is 3. The molecule has 0 aliphatic rings. The average molecular weight is 282 g/mol. The molecule has 1 aromatic carbocycles. The van der Waals surface area contributed by atoms with Crippen molar-refractivity contribution in [2.45, 2.75) is 0 Å². The van der Waals surface area contributed by atoms with Crippen molar-refractivity contribution in [2.24, 2.45) is 0 Å². The third-order valence-corrected chi connectivity index (χ3v) is 3.36. The van der Waals surface area contributed by atoms with Gasteiger partial charge in [0.15, 0.2) is 0 Å². The van der Waals surface area contributed by atoms with Crippen LogP contribution in [-0.4, -0.2) is 24.1 Å². The molecular weight excluding hydrogens is 267 g/mol. The van der Waals surface area contributed by atoms with Crippen molar-refractivity contribution in [3.05, 3.63) is 48.4 Å². The molecule has 0 atom stereocenters. The van der Waals surface area contributed by atoms with Crippen LogP contribution in [0.4, 0.5) is 15.9 Å². The molecule has 3 aromatic rings. The van der Waals surface area contributed by atoms with Crippen molar-refractivity contribution >= 4 is 22.4 Å². The van der Waals surface area contributed by atoms with Crippen LogP contribution < -0.4 is 10.6 Å². The number of rotatable bonds is 2. The van der Waals surface area contributed by atoms with E-state index in [1.807, 2.05) is 43.3 Å². The van der Waals surface area contributed by atoms with Crippen molar-refractivity contribution in [1.82, 2.24) is 9.97 Å². The highest BCUT2D eigenvalue weighted by molar-refractivity contribution is 5.89. The molecule has 0 saturated carbocycles. The fraction of sp³-hybridized carbons (Fsp3) is 0.125. The summed E-state index contributed by atoms with van der Waals surface area (Å²) in [6.45, 7) is 0. The number of fused-ring (bicyclic) bond motifs is 1. The summed E-state index contributed by atoms with van der Waals surface area (Å²) < 4.78 is 13.9. The lowest BCUT2D eigenvalue weighted by atomic mass is 10.1. The lowest BCUT2D eigenvalue weighted by molar-refractivity contribution is 0.626. The number of hydrogen-bond acceptors (Lipinski definition) is 4. The zero-order valence-corrected chi connectivity index (χ0v) is 11.8. The third-order valence-electron chi connectivity index (χ3n) is 3.36. The molecule has 21 heavy (non-hydrogen) atoms. The van der Waals surface area contributed by atoms with E-state index in [-0.39, 0.29) is 11.5 Å². The van der Waals surface area contributed by atoms with E-state index in [0.29, 0.717) is 5.56 Å². The number of anilines is 2. The lowest BCUT2D eigenvalue weighted by Gasteiger charge is -2.13. The largest absolute Gasteiger partial charge is 0.383 e. The van der Waals surface area contributed by atoms with Crippen LogP contribution in [0.2, 0.25) is 0 Å². The molecule has 0 aliphatic carbocycles. The number of aromatic nitrogens is 2. The van der Waals surface area contributed by atoms with Crippen LogP contribution in [0, 0.1) is 5.82 Å². The molecule has 0 saturated heterocycles. The quantitative estimate of drug-likeness (QED) is 0.784. The number of pyridine rings is 2. The Morgan fingerprint density at radius 1 is 1.14 bits per heavy atom. The molecule has 0 aliphatic heterocycles. The molecule has 2 aromatic heterocycles. The SMILES string of the molecule is CN(C)c1ccc2cc(-c3ncccc3F)c(N)nc2c1. The van der Waals surface area contributed by atoms with Crippen LogP contribution in [0.15, 0.2) is 42.6 Å². The average Bonchev–Trinajstić information content (AvgIpc) is 2.46. The molecule has 5 heteroatoms. The van der Waals surface area contributed by atoms with E-state index in [4.69, 9.17) is 5.73 Å². The minimum Gasteiger partial charge on any atom is -0.383 e. The number of benzene rings is 1. The van der Waals surface area contributed by atoms with E-state index in [2.05, 4.69) is 9.97 Å². The minimum absolute atomic E-state index is 0.223. The summed E-state index contributed by atoms with van der Waals surface area (Å²) in [5.41, 5.74) is 8.53. The summed E-state index contributed by atoms with van der Waals surface area (Å²) in [7, 11) is 3.92.